The molecular weight excluding hydrogens is 400 g/mol. The molecule has 3 rings (SSSR count). The van der Waals surface area contributed by atoms with Crippen molar-refractivity contribution in [2.75, 3.05) is 0 Å². The Morgan fingerprint density at radius 3 is 2.23 bits per heavy atom. The van der Waals surface area contributed by atoms with Crippen LogP contribution in [0.4, 0.5) is 0 Å². The molecule has 3 aliphatic rings. The normalized spacial score (nSPS) is 46.3. The lowest BCUT2D eigenvalue weighted by atomic mass is 9.41. The highest BCUT2D eigenvalue weighted by Crippen LogP contribution is 2.65. The third-order valence-corrected chi connectivity index (χ3v) is 8.01. The number of Topliss-reactive ketones (excluding diaryl/α,β-unsaturated/α-hetero) is 1. The molecule has 174 valence electrons. The van der Waals surface area contributed by atoms with Gasteiger partial charge in [-0.25, -0.2) is 0 Å². The molecule has 0 aromatic heterocycles. The summed E-state index contributed by atoms with van der Waals surface area (Å²) in [6.07, 6.45) is 0.200. The number of aliphatic hydroxyl groups excluding tert-OH is 1. The van der Waals surface area contributed by atoms with Crippen LogP contribution in [0.5, 0.6) is 0 Å². The standard InChI is InChI=1S/C24H36O7/c1-9-22(6)12-15(27)18-23(7)16(28)10-11-21(4,5)19(23)17(29-13(2)25)20(30-14(3)26)24(18,8)31-22/h9,16-20,28H,1,10-12H2,2-8H3/t16?,17?,18-,19+,20?,22+,23-,24+/m1/s1. The van der Waals surface area contributed by atoms with Crippen LogP contribution in [0, 0.1) is 22.7 Å². The van der Waals surface area contributed by atoms with Crippen LogP contribution < -0.4 is 0 Å². The van der Waals surface area contributed by atoms with Gasteiger partial charge in [-0.1, -0.05) is 26.8 Å². The maximum atomic E-state index is 13.7. The predicted octanol–water partition coefficient (Wildman–Crippen LogP) is 2.98. The summed E-state index contributed by atoms with van der Waals surface area (Å²) < 4.78 is 18.1. The molecule has 1 heterocycles. The molecule has 0 bridgehead atoms. The van der Waals surface area contributed by atoms with Crippen molar-refractivity contribution in [3.8, 4) is 0 Å². The number of aliphatic hydroxyl groups is 1. The highest BCUT2D eigenvalue weighted by Gasteiger charge is 2.74. The lowest BCUT2D eigenvalue weighted by Crippen LogP contribution is -2.78. The zero-order valence-electron chi connectivity index (χ0n) is 19.7. The quantitative estimate of drug-likeness (QED) is 0.536. The Morgan fingerprint density at radius 1 is 1.13 bits per heavy atom. The van der Waals surface area contributed by atoms with E-state index in [4.69, 9.17) is 14.2 Å². The van der Waals surface area contributed by atoms with E-state index in [9.17, 15) is 19.5 Å². The molecule has 0 amide bonds. The Bertz CT molecular complexity index is 804. The molecule has 1 N–H and O–H groups in total. The maximum absolute atomic E-state index is 13.7. The van der Waals surface area contributed by atoms with Gasteiger partial charge in [-0.2, -0.15) is 0 Å². The Labute approximate surface area is 184 Å². The van der Waals surface area contributed by atoms with Crippen molar-refractivity contribution >= 4 is 17.7 Å². The first-order valence-corrected chi connectivity index (χ1v) is 11.0. The van der Waals surface area contributed by atoms with Crippen molar-refractivity contribution in [1.29, 1.82) is 0 Å². The number of esters is 2. The van der Waals surface area contributed by atoms with Gasteiger partial charge in [-0.15, -0.1) is 6.58 Å². The number of carbonyl (C=O) groups is 3. The van der Waals surface area contributed by atoms with Crippen LogP contribution in [-0.2, 0) is 28.6 Å². The third-order valence-electron chi connectivity index (χ3n) is 8.01. The van der Waals surface area contributed by atoms with E-state index in [1.165, 1.54) is 13.8 Å². The van der Waals surface area contributed by atoms with Crippen molar-refractivity contribution in [2.45, 2.75) is 97.2 Å². The molecule has 1 aliphatic heterocycles. The van der Waals surface area contributed by atoms with E-state index in [1.54, 1.807) is 19.9 Å². The number of fused-ring (bicyclic) bond motifs is 3. The van der Waals surface area contributed by atoms with Crippen LogP contribution in [-0.4, -0.2) is 52.3 Å². The largest absolute Gasteiger partial charge is 0.458 e. The molecule has 3 unspecified atom stereocenters. The van der Waals surface area contributed by atoms with E-state index in [0.717, 1.165) is 0 Å². The zero-order chi connectivity index (χ0) is 23.6. The fourth-order valence-corrected chi connectivity index (χ4v) is 7.05. The van der Waals surface area contributed by atoms with Crippen molar-refractivity contribution in [2.24, 2.45) is 22.7 Å². The number of ketones is 1. The average Bonchev–Trinajstić information content (AvgIpc) is 2.60. The fourth-order valence-electron chi connectivity index (χ4n) is 7.05. The summed E-state index contributed by atoms with van der Waals surface area (Å²) in [7, 11) is 0. The molecule has 31 heavy (non-hydrogen) atoms. The van der Waals surface area contributed by atoms with Crippen molar-refractivity contribution in [3.63, 3.8) is 0 Å². The molecule has 0 radical (unpaired) electrons. The second kappa shape index (κ2) is 7.41. The SMILES string of the molecule is C=C[C@@]1(C)CC(=O)[C@@H]2[C@@]3(C)C(O)CCC(C)(C)[C@@H]3C(OC(C)=O)C(OC(C)=O)[C@@]2(C)O1. The first-order chi connectivity index (χ1) is 14.1. The number of hydrogen-bond donors (Lipinski definition) is 1. The Hall–Kier alpha value is -1.73. The molecule has 7 heteroatoms. The van der Waals surface area contributed by atoms with Gasteiger partial charge < -0.3 is 19.3 Å². The lowest BCUT2D eigenvalue weighted by Gasteiger charge is -2.68. The minimum atomic E-state index is -1.32. The first-order valence-electron chi connectivity index (χ1n) is 11.0. The Morgan fingerprint density at radius 2 is 1.71 bits per heavy atom. The fraction of sp³-hybridized carbons (Fsp3) is 0.792. The monoisotopic (exact) mass is 436 g/mol. The van der Waals surface area contributed by atoms with E-state index in [2.05, 4.69) is 6.58 Å². The Balaban J connectivity index is 2.31. The molecule has 7 nitrogen and oxygen atoms in total. The van der Waals surface area contributed by atoms with Gasteiger partial charge in [0.2, 0.25) is 0 Å². The summed E-state index contributed by atoms with van der Waals surface area (Å²) in [6, 6.07) is 0. The summed E-state index contributed by atoms with van der Waals surface area (Å²) in [5, 5.41) is 11.3. The van der Waals surface area contributed by atoms with Gasteiger partial charge in [0.05, 0.1) is 17.6 Å². The molecule has 1 saturated heterocycles. The number of hydrogen-bond acceptors (Lipinski definition) is 7. The van der Waals surface area contributed by atoms with Gasteiger partial charge in [-0.05, 0) is 32.1 Å². The van der Waals surface area contributed by atoms with Gasteiger partial charge in [0.25, 0.3) is 0 Å². The molecule has 8 atom stereocenters. The van der Waals surface area contributed by atoms with Crippen LogP contribution in [0.1, 0.15) is 67.7 Å². The smallest absolute Gasteiger partial charge is 0.303 e. The number of rotatable bonds is 3. The number of ether oxygens (including phenoxy) is 3. The molecule has 2 aliphatic carbocycles. The van der Waals surface area contributed by atoms with E-state index in [-0.39, 0.29) is 17.6 Å². The van der Waals surface area contributed by atoms with Crippen LogP contribution in [0.25, 0.3) is 0 Å². The molecular formula is C24H36O7. The molecule has 0 aromatic rings. The second-order valence-electron chi connectivity index (χ2n) is 10.9. The van der Waals surface area contributed by atoms with Gasteiger partial charge in [0.15, 0.2) is 6.10 Å². The minimum absolute atomic E-state index is 0.0705. The van der Waals surface area contributed by atoms with E-state index in [0.29, 0.717) is 12.8 Å². The van der Waals surface area contributed by atoms with Crippen LogP contribution in [0.15, 0.2) is 12.7 Å². The van der Waals surface area contributed by atoms with Gasteiger partial charge in [-0.3, -0.25) is 14.4 Å². The summed E-state index contributed by atoms with van der Waals surface area (Å²) in [5.41, 5.74) is -3.61. The summed E-state index contributed by atoms with van der Waals surface area (Å²) >= 11 is 0. The maximum Gasteiger partial charge on any atom is 0.303 e. The average molecular weight is 437 g/mol. The second-order valence-corrected chi connectivity index (χ2v) is 10.9. The van der Waals surface area contributed by atoms with Gasteiger partial charge in [0.1, 0.15) is 17.5 Å². The molecule has 3 fully saturated rings. The molecule has 0 aromatic carbocycles. The highest BCUT2D eigenvalue weighted by atomic mass is 16.6. The molecule has 0 spiro atoms. The predicted molar refractivity (Wildman–Crippen MR) is 113 cm³/mol. The van der Waals surface area contributed by atoms with Crippen molar-refractivity contribution in [1.82, 2.24) is 0 Å². The third kappa shape index (κ3) is 3.54. The minimum Gasteiger partial charge on any atom is -0.458 e. The summed E-state index contributed by atoms with van der Waals surface area (Å²) in [4.78, 5) is 38.0. The zero-order valence-corrected chi connectivity index (χ0v) is 19.7. The highest BCUT2D eigenvalue weighted by molar-refractivity contribution is 5.86. The van der Waals surface area contributed by atoms with E-state index >= 15 is 0 Å². The Kier molecular flexibility index (Phi) is 5.72. The topological polar surface area (TPSA) is 99.1 Å². The lowest BCUT2D eigenvalue weighted by molar-refractivity contribution is -0.322. The number of carbonyl (C=O) groups excluding carboxylic acids is 3. The van der Waals surface area contributed by atoms with Crippen LogP contribution in [0.3, 0.4) is 0 Å². The van der Waals surface area contributed by atoms with Crippen LogP contribution in [0.2, 0.25) is 0 Å². The van der Waals surface area contributed by atoms with Crippen LogP contribution >= 0.6 is 0 Å². The summed E-state index contributed by atoms with van der Waals surface area (Å²) in [5.74, 6) is -2.31. The van der Waals surface area contributed by atoms with E-state index < -0.39 is 58.7 Å². The molecule has 2 saturated carbocycles. The van der Waals surface area contributed by atoms with Gasteiger partial charge in [0, 0.05) is 31.6 Å². The first kappa shape index (κ1) is 23.9. The van der Waals surface area contributed by atoms with E-state index in [1.807, 2.05) is 20.8 Å². The van der Waals surface area contributed by atoms with Crippen molar-refractivity contribution in [3.05, 3.63) is 12.7 Å². The van der Waals surface area contributed by atoms with Crippen molar-refractivity contribution < 1.29 is 33.7 Å². The van der Waals surface area contributed by atoms with Gasteiger partial charge >= 0.3 is 11.9 Å². The summed E-state index contributed by atoms with van der Waals surface area (Å²) in [6.45, 7) is 15.9.